The third kappa shape index (κ3) is 1.81. The first kappa shape index (κ1) is 9.73. The van der Waals surface area contributed by atoms with Gasteiger partial charge in [-0.3, -0.25) is 0 Å². The molecule has 0 spiro atoms. The molecule has 1 saturated carbocycles. The molecule has 1 atom stereocenters. The number of nitrogens with one attached hydrogen (secondary N) is 1. The molecule has 0 bridgehead atoms. The van der Waals surface area contributed by atoms with Crippen molar-refractivity contribution in [3.05, 3.63) is 10.0 Å². The van der Waals surface area contributed by atoms with Crippen LogP contribution in [0.5, 0.6) is 0 Å². The summed E-state index contributed by atoms with van der Waals surface area (Å²) in [6.07, 6.45) is 5.14. The zero-order valence-electron chi connectivity index (χ0n) is 9.12. The molecule has 4 heteroatoms. The van der Waals surface area contributed by atoms with Crippen molar-refractivity contribution >= 4 is 11.3 Å². The highest BCUT2D eigenvalue weighted by Gasteiger charge is 2.42. The van der Waals surface area contributed by atoms with Crippen molar-refractivity contribution in [1.82, 2.24) is 15.5 Å². The maximum absolute atomic E-state index is 4.37. The highest BCUT2D eigenvalue weighted by atomic mass is 32.1. The molecule has 0 aromatic carbocycles. The predicted octanol–water partition coefficient (Wildman–Crippen LogP) is 2.06. The summed E-state index contributed by atoms with van der Waals surface area (Å²) in [5.74, 6) is 0.618. The van der Waals surface area contributed by atoms with Crippen LogP contribution < -0.4 is 5.32 Å². The van der Waals surface area contributed by atoms with Gasteiger partial charge < -0.3 is 5.32 Å². The molecule has 1 aliphatic carbocycles. The average Bonchev–Trinajstić information content (AvgIpc) is 2.85. The van der Waals surface area contributed by atoms with E-state index in [9.17, 15) is 0 Å². The Kier molecular flexibility index (Phi) is 2.29. The summed E-state index contributed by atoms with van der Waals surface area (Å²) in [5, 5.41) is 14.7. The summed E-state index contributed by atoms with van der Waals surface area (Å²) < 4.78 is 0. The van der Waals surface area contributed by atoms with E-state index in [0.717, 1.165) is 6.54 Å². The lowest BCUT2D eigenvalue weighted by Gasteiger charge is -2.19. The quantitative estimate of drug-likeness (QED) is 0.834. The Balaban J connectivity index is 1.77. The lowest BCUT2D eigenvalue weighted by atomic mass is 10.0. The number of piperidine rings is 1. The number of hydrogen-bond acceptors (Lipinski definition) is 4. The van der Waals surface area contributed by atoms with E-state index in [0.29, 0.717) is 11.3 Å². The first-order valence-electron chi connectivity index (χ1n) is 5.82. The van der Waals surface area contributed by atoms with E-state index in [1.54, 1.807) is 0 Å². The smallest absolute Gasteiger partial charge is 0.123 e. The summed E-state index contributed by atoms with van der Waals surface area (Å²) in [5.41, 5.74) is 0.387. The zero-order valence-corrected chi connectivity index (χ0v) is 9.94. The third-order valence-corrected chi connectivity index (χ3v) is 4.99. The van der Waals surface area contributed by atoms with E-state index in [-0.39, 0.29) is 0 Å². The Bertz CT molecular complexity index is 350. The van der Waals surface area contributed by atoms with Gasteiger partial charge in [0.2, 0.25) is 0 Å². The number of hydrogen-bond donors (Lipinski definition) is 1. The van der Waals surface area contributed by atoms with Gasteiger partial charge in [0.05, 0.1) is 0 Å². The van der Waals surface area contributed by atoms with E-state index in [1.165, 1.54) is 42.2 Å². The summed E-state index contributed by atoms with van der Waals surface area (Å²) in [7, 11) is 0. The molecule has 3 nitrogen and oxygen atoms in total. The van der Waals surface area contributed by atoms with Crippen LogP contribution >= 0.6 is 11.3 Å². The maximum atomic E-state index is 4.37. The van der Waals surface area contributed by atoms with Crippen LogP contribution in [-0.4, -0.2) is 23.3 Å². The second kappa shape index (κ2) is 3.52. The molecule has 1 aromatic rings. The fourth-order valence-electron chi connectivity index (χ4n) is 2.11. The Labute approximate surface area is 94.3 Å². The van der Waals surface area contributed by atoms with Gasteiger partial charge in [0.15, 0.2) is 0 Å². The van der Waals surface area contributed by atoms with Crippen LogP contribution in [0.2, 0.25) is 0 Å². The largest absolute Gasteiger partial charge is 0.316 e. The lowest BCUT2D eigenvalue weighted by Crippen LogP contribution is -2.28. The fourth-order valence-corrected chi connectivity index (χ4v) is 3.29. The fraction of sp³-hybridized carbons (Fsp3) is 0.818. The molecule has 0 amide bonds. The van der Waals surface area contributed by atoms with Crippen LogP contribution in [0.4, 0.5) is 0 Å². The zero-order chi connectivity index (χ0) is 10.3. The van der Waals surface area contributed by atoms with E-state index in [1.807, 2.05) is 11.3 Å². The molecule has 1 aromatic heterocycles. The Morgan fingerprint density at radius 1 is 1.40 bits per heavy atom. The molecule has 3 rings (SSSR count). The molecular formula is C11H17N3S. The molecule has 2 fully saturated rings. The minimum Gasteiger partial charge on any atom is -0.316 e. The second-order valence-corrected chi connectivity index (χ2v) is 6.06. The Morgan fingerprint density at radius 2 is 2.27 bits per heavy atom. The minimum atomic E-state index is 0.387. The molecule has 15 heavy (non-hydrogen) atoms. The Morgan fingerprint density at radius 3 is 2.93 bits per heavy atom. The summed E-state index contributed by atoms with van der Waals surface area (Å²) in [6, 6.07) is 0. The highest BCUT2D eigenvalue weighted by molar-refractivity contribution is 7.11. The van der Waals surface area contributed by atoms with E-state index in [4.69, 9.17) is 0 Å². The Hall–Kier alpha value is -0.480. The molecule has 82 valence electrons. The predicted molar refractivity (Wildman–Crippen MR) is 61.3 cm³/mol. The lowest BCUT2D eigenvalue weighted by molar-refractivity contribution is 0.458. The highest BCUT2D eigenvalue weighted by Crippen LogP contribution is 2.49. The standard InChI is InChI=1S/C11H17N3S/c1-11(4-5-11)10-14-13-9(15-10)8-3-2-6-12-7-8/h8,12H,2-7H2,1H3. The number of rotatable bonds is 2. The number of nitrogens with zero attached hydrogens (tertiary/aromatic N) is 2. The molecule has 1 saturated heterocycles. The van der Waals surface area contributed by atoms with Crippen LogP contribution in [0.1, 0.15) is 48.5 Å². The van der Waals surface area contributed by atoms with Crippen LogP contribution in [0.15, 0.2) is 0 Å². The van der Waals surface area contributed by atoms with Crippen molar-refractivity contribution in [2.24, 2.45) is 0 Å². The van der Waals surface area contributed by atoms with Gasteiger partial charge in [0.25, 0.3) is 0 Å². The molecule has 1 N–H and O–H groups in total. The van der Waals surface area contributed by atoms with Crippen molar-refractivity contribution in [3.63, 3.8) is 0 Å². The van der Waals surface area contributed by atoms with E-state index >= 15 is 0 Å². The molecular weight excluding hydrogens is 206 g/mol. The van der Waals surface area contributed by atoms with Crippen molar-refractivity contribution < 1.29 is 0 Å². The molecule has 2 aliphatic rings. The van der Waals surface area contributed by atoms with Gasteiger partial charge in [-0.2, -0.15) is 0 Å². The summed E-state index contributed by atoms with van der Waals surface area (Å²) in [6.45, 7) is 4.56. The van der Waals surface area contributed by atoms with Gasteiger partial charge in [0.1, 0.15) is 10.0 Å². The van der Waals surface area contributed by atoms with Crippen molar-refractivity contribution in [2.75, 3.05) is 13.1 Å². The first-order chi connectivity index (χ1) is 7.28. The normalized spacial score (nSPS) is 29.0. The molecule has 0 radical (unpaired) electrons. The third-order valence-electron chi connectivity index (χ3n) is 3.60. The van der Waals surface area contributed by atoms with Gasteiger partial charge in [-0.1, -0.05) is 6.92 Å². The van der Waals surface area contributed by atoms with Crippen LogP contribution in [-0.2, 0) is 5.41 Å². The van der Waals surface area contributed by atoms with Gasteiger partial charge >= 0.3 is 0 Å². The minimum absolute atomic E-state index is 0.387. The van der Waals surface area contributed by atoms with Gasteiger partial charge in [-0.15, -0.1) is 21.5 Å². The summed E-state index contributed by atoms with van der Waals surface area (Å²) >= 11 is 1.85. The average molecular weight is 223 g/mol. The number of aromatic nitrogens is 2. The topological polar surface area (TPSA) is 37.8 Å². The van der Waals surface area contributed by atoms with Gasteiger partial charge in [-0.05, 0) is 32.2 Å². The second-order valence-electron chi connectivity index (χ2n) is 5.05. The van der Waals surface area contributed by atoms with E-state index < -0.39 is 0 Å². The maximum Gasteiger partial charge on any atom is 0.123 e. The van der Waals surface area contributed by atoms with Crippen LogP contribution in [0, 0.1) is 0 Å². The van der Waals surface area contributed by atoms with Crippen molar-refractivity contribution in [3.8, 4) is 0 Å². The molecule has 1 aliphatic heterocycles. The first-order valence-corrected chi connectivity index (χ1v) is 6.64. The van der Waals surface area contributed by atoms with Gasteiger partial charge in [0, 0.05) is 17.9 Å². The molecule has 1 unspecified atom stereocenters. The van der Waals surface area contributed by atoms with Crippen molar-refractivity contribution in [2.45, 2.75) is 43.9 Å². The monoisotopic (exact) mass is 223 g/mol. The van der Waals surface area contributed by atoms with Crippen molar-refractivity contribution in [1.29, 1.82) is 0 Å². The molecule has 2 heterocycles. The summed E-state index contributed by atoms with van der Waals surface area (Å²) in [4.78, 5) is 0. The SMILES string of the molecule is CC1(c2nnc(C3CCCNC3)s2)CC1. The van der Waals surface area contributed by atoms with Crippen LogP contribution in [0.3, 0.4) is 0 Å². The van der Waals surface area contributed by atoms with Gasteiger partial charge in [-0.25, -0.2) is 0 Å². The van der Waals surface area contributed by atoms with E-state index in [2.05, 4.69) is 22.4 Å². The van der Waals surface area contributed by atoms with Crippen LogP contribution in [0.25, 0.3) is 0 Å².